The van der Waals surface area contributed by atoms with E-state index in [1.54, 1.807) is 37.3 Å². The molecular weight excluding hydrogens is 314 g/mol. The molecule has 2 aromatic carbocycles. The monoisotopic (exact) mass is 326 g/mol. The number of carbonyl (C=O) groups excluding carboxylic acids is 1. The lowest BCUT2D eigenvalue weighted by molar-refractivity contribution is -0.116. The van der Waals surface area contributed by atoms with Gasteiger partial charge in [-0.15, -0.1) is 0 Å². The molecule has 110 valence electrons. The number of hydrogen-bond acceptors (Lipinski definition) is 2. The second kappa shape index (κ2) is 6.78. The highest BCUT2D eigenvalue weighted by molar-refractivity contribution is 6.35. The number of nitrogens with one attached hydrogen (secondary N) is 2. The largest absolute Gasteiger partial charge is 0.374 e. The van der Waals surface area contributed by atoms with Crippen molar-refractivity contribution in [2.24, 2.45) is 0 Å². The average Bonchev–Trinajstić information content (AvgIpc) is 2.45. The van der Waals surface area contributed by atoms with Crippen molar-refractivity contribution in [3.8, 4) is 0 Å². The molecule has 0 aromatic heterocycles. The Morgan fingerprint density at radius 2 is 1.81 bits per heavy atom. The minimum atomic E-state index is -0.523. The van der Waals surface area contributed by atoms with E-state index in [2.05, 4.69) is 10.6 Å². The van der Waals surface area contributed by atoms with Crippen molar-refractivity contribution in [1.82, 2.24) is 0 Å². The van der Waals surface area contributed by atoms with Crippen LogP contribution in [0.5, 0.6) is 0 Å². The highest BCUT2D eigenvalue weighted by Gasteiger charge is 2.14. The summed E-state index contributed by atoms with van der Waals surface area (Å²) in [7, 11) is 0. The first-order valence-corrected chi connectivity index (χ1v) is 6.99. The van der Waals surface area contributed by atoms with E-state index in [0.717, 1.165) is 0 Å². The number of halogens is 3. The smallest absolute Gasteiger partial charge is 0.246 e. The Hall–Kier alpha value is -1.78. The van der Waals surface area contributed by atoms with Crippen LogP contribution in [-0.4, -0.2) is 11.9 Å². The molecule has 2 aromatic rings. The van der Waals surface area contributed by atoms with E-state index >= 15 is 0 Å². The molecule has 0 heterocycles. The van der Waals surface area contributed by atoms with Crippen LogP contribution in [0.15, 0.2) is 42.5 Å². The standard InChI is InChI=1S/C15H13Cl2FN2O/c1-9(19-12-5-3-11(18)4-6-12)15(21)20-14-8-10(16)2-7-13(14)17/h2-9,19H,1H3,(H,20,21)/t9-/m1/s1. The van der Waals surface area contributed by atoms with E-state index in [-0.39, 0.29) is 11.7 Å². The van der Waals surface area contributed by atoms with Crippen LogP contribution in [-0.2, 0) is 4.79 Å². The Labute approximate surface area is 132 Å². The third kappa shape index (κ3) is 4.34. The van der Waals surface area contributed by atoms with Gasteiger partial charge in [0.15, 0.2) is 0 Å². The summed E-state index contributed by atoms with van der Waals surface area (Å²) in [4.78, 5) is 12.1. The van der Waals surface area contributed by atoms with E-state index in [1.807, 2.05) is 0 Å². The fourth-order valence-corrected chi connectivity index (χ4v) is 2.03. The minimum absolute atomic E-state index is 0.275. The summed E-state index contributed by atoms with van der Waals surface area (Å²) < 4.78 is 12.8. The second-order valence-electron chi connectivity index (χ2n) is 4.49. The van der Waals surface area contributed by atoms with Crippen molar-refractivity contribution in [3.05, 3.63) is 58.3 Å². The van der Waals surface area contributed by atoms with Gasteiger partial charge < -0.3 is 10.6 Å². The molecule has 0 unspecified atom stereocenters. The normalized spacial score (nSPS) is 11.8. The predicted molar refractivity (Wildman–Crippen MR) is 84.6 cm³/mol. The van der Waals surface area contributed by atoms with Crippen molar-refractivity contribution in [3.63, 3.8) is 0 Å². The van der Waals surface area contributed by atoms with Crippen LogP contribution in [0.1, 0.15) is 6.92 Å². The van der Waals surface area contributed by atoms with E-state index in [4.69, 9.17) is 23.2 Å². The van der Waals surface area contributed by atoms with Crippen LogP contribution in [0.25, 0.3) is 0 Å². The SMILES string of the molecule is C[C@@H](Nc1ccc(F)cc1)C(=O)Nc1cc(Cl)ccc1Cl. The highest BCUT2D eigenvalue weighted by atomic mass is 35.5. The zero-order valence-electron chi connectivity index (χ0n) is 11.2. The van der Waals surface area contributed by atoms with Crippen molar-refractivity contribution in [1.29, 1.82) is 0 Å². The lowest BCUT2D eigenvalue weighted by Crippen LogP contribution is -2.31. The number of carbonyl (C=O) groups is 1. The summed E-state index contributed by atoms with van der Waals surface area (Å²) in [5.74, 6) is -0.605. The Balaban J connectivity index is 2.02. The fraction of sp³-hybridized carbons (Fsp3) is 0.133. The van der Waals surface area contributed by atoms with Gasteiger partial charge in [-0.2, -0.15) is 0 Å². The van der Waals surface area contributed by atoms with Gasteiger partial charge in [-0.25, -0.2) is 4.39 Å². The molecule has 3 nitrogen and oxygen atoms in total. The third-order valence-corrected chi connectivity index (χ3v) is 3.37. The Morgan fingerprint density at radius 1 is 1.14 bits per heavy atom. The highest BCUT2D eigenvalue weighted by Crippen LogP contribution is 2.25. The van der Waals surface area contributed by atoms with Crippen molar-refractivity contribution in [2.45, 2.75) is 13.0 Å². The first kappa shape index (κ1) is 15.6. The van der Waals surface area contributed by atoms with Crippen LogP contribution in [0.2, 0.25) is 10.0 Å². The summed E-state index contributed by atoms with van der Waals surface area (Å²) in [6.45, 7) is 1.69. The predicted octanol–water partition coefficient (Wildman–Crippen LogP) is 4.57. The van der Waals surface area contributed by atoms with Crippen LogP contribution in [0.4, 0.5) is 15.8 Å². The third-order valence-electron chi connectivity index (χ3n) is 2.81. The summed E-state index contributed by atoms with van der Waals surface area (Å²) in [5.41, 5.74) is 1.10. The quantitative estimate of drug-likeness (QED) is 0.863. The van der Waals surface area contributed by atoms with Gasteiger partial charge in [-0.3, -0.25) is 4.79 Å². The van der Waals surface area contributed by atoms with E-state index in [1.165, 1.54) is 12.1 Å². The Kier molecular flexibility index (Phi) is 5.04. The van der Waals surface area contributed by atoms with Gasteiger partial charge in [0.2, 0.25) is 5.91 Å². The first-order chi connectivity index (χ1) is 9.95. The van der Waals surface area contributed by atoms with Gasteiger partial charge in [-0.1, -0.05) is 23.2 Å². The molecule has 2 rings (SSSR count). The summed E-state index contributed by atoms with van der Waals surface area (Å²) in [6.07, 6.45) is 0. The van der Waals surface area contributed by atoms with Crippen molar-refractivity contribution < 1.29 is 9.18 Å². The molecule has 1 amide bonds. The second-order valence-corrected chi connectivity index (χ2v) is 5.33. The Bertz CT molecular complexity index is 647. The van der Waals surface area contributed by atoms with Crippen LogP contribution >= 0.6 is 23.2 Å². The zero-order chi connectivity index (χ0) is 15.4. The van der Waals surface area contributed by atoms with Gasteiger partial charge in [0.1, 0.15) is 11.9 Å². The van der Waals surface area contributed by atoms with E-state index in [0.29, 0.717) is 21.4 Å². The van der Waals surface area contributed by atoms with E-state index in [9.17, 15) is 9.18 Å². The number of hydrogen-bond donors (Lipinski definition) is 2. The molecular formula is C15H13Cl2FN2O. The van der Waals surface area contributed by atoms with Gasteiger partial charge in [0.05, 0.1) is 10.7 Å². The summed E-state index contributed by atoms with van der Waals surface area (Å²) in [5, 5.41) is 6.54. The van der Waals surface area contributed by atoms with Gasteiger partial charge >= 0.3 is 0 Å². The molecule has 0 aliphatic heterocycles. The van der Waals surface area contributed by atoms with Crippen molar-refractivity contribution >= 4 is 40.5 Å². The molecule has 0 fully saturated rings. The molecule has 0 aliphatic carbocycles. The number of amides is 1. The maximum absolute atomic E-state index is 12.8. The topological polar surface area (TPSA) is 41.1 Å². The first-order valence-electron chi connectivity index (χ1n) is 6.24. The molecule has 0 saturated carbocycles. The average molecular weight is 327 g/mol. The minimum Gasteiger partial charge on any atom is -0.374 e. The van der Waals surface area contributed by atoms with Gasteiger partial charge in [0, 0.05) is 10.7 Å². The molecule has 0 bridgehead atoms. The van der Waals surface area contributed by atoms with E-state index < -0.39 is 6.04 Å². The fourth-order valence-electron chi connectivity index (χ4n) is 1.70. The summed E-state index contributed by atoms with van der Waals surface area (Å²) >= 11 is 11.9. The molecule has 21 heavy (non-hydrogen) atoms. The number of anilines is 2. The molecule has 1 atom stereocenters. The maximum atomic E-state index is 12.8. The van der Waals surface area contributed by atoms with Crippen LogP contribution in [0, 0.1) is 5.82 Å². The lowest BCUT2D eigenvalue weighted by Gasteiger charge is -2.16. The Morgan fingerprint density at radius 3 is 2.48 bits per heavy atom. The maximum Gasteiger partial charge on any atom is 0.246 e. The molecule has 2 N–H and O–H groups in total. The zero-order valence-corrected chi connectivity index (χ0v) is 12.7. The van der Waals surface area contributed by atoms with Gasteiger partial charge in [-0.05, 0) is 49.4 Å². The molecule has 0 spiro atoms. The summed E-state index contributed by atoms with van der Waals surface area (Å²) in [6, 6.07) is 10.1. The van der Waals surface area contributed by atoms with Crippen molar-refractivity contribution in [2.75, 3.05) is 10.6 Å². The van der Waals surface area contributed by atoms with Crippen LogP contribution < -0.4 is 10.6 Å². The number of rotatable bonds is 4. The van der Waals surface area contributed by atoms with Crippen LogP contribution in [0.3, 0.4) is 0 Å². The molecule has 0 radical (unpaired) electrons. The van der Waals surface area contributed by atoms with Gasteiger partial charge in [0.25, 0.3) is 0 Å². The molecule has 6 heteroatoms. The molecule has 0 saturated heterocycles. The number of benzene rings is 2. The molecule has 0 aliphatic rings. The lowest BCUT2D eigenvalue weighted by atomic mass is 10.2.